The second-order valence-corrected chi connectivity index (χ2v) is 6.68. The van der Waals surface area contributed by atoms with Crippen LogP contribution in [0.15, 0.2) is 0 Å². The van der Waals surface area contributed by atoms with Gasteiger partial charge in [0.15, 0.2) is 0 Å². The fraction of sp³-hybridized carbons (Fsp3) is 1.00. The Morgan fingerprint density at radius 2 is 1.63 bits per heavy atom. The molecule has 114 valence electrons. The van der Waals surface area contributed by atoms with Crippen LogP contribution in [0.4, 0.5) is 0 Å². The molecular weight excluding hydrogens is 230 g/mol. The summed E-state index contributed by atoms with van der Waals surface area (Å²) >= 11 is 0. The van der Waals surface area contributed by atoms with Gasteiger partial charge in [-0.25, -0.2) is 0 Å². The topological polar surface area (TPSA) is 12.0 Å². The summed E-state index contributed by atoms with van der Waals surface area (Å²) in [5, 5.41) is 3.75. The molecule has 0 aromatic carbocycles. The molecular formula is C18H37N. The molecule has 0 aliphatic heterocycles. The third kappa shape index (κ3) is 5.45. The van der Waals surface area contributed by atoms with Crippen LogP contribution in [0.2, 0.25) is 0 Å². The number of rotatable bonds is 9. The van der Waals surface area contributed by atoms with E-state index < -0.39 is 0 Å². The molecule has 0 heterocycles. The van der Waals surface area contributed by atoms with Crippen molar-refractivity contribution in [2.24, 2.45) is 11.3 Å². The molecule has 19 heavy (non-hydrogen) atoms. The Morgan fingerprint density at radius 3 is 2.16 bits per heavy atom. The van der Waals surface area contributed by atoms with Gasteiger partial charge in [0.05, 0.1) is 0 Å². The number of hydrogen-bond acceptors (Lipinski definition) is 1. The summed E-state index contributed by atoms with van der Waals surface area (Å²) in [6.07, 6.45) is 15.7. The van der Waals surface area contributed by atoms with Gasteiger partial charge in [-0.2, -0.15) is 0 Å². The van der Waals surface area contributed by atoms with Crippen molar-refractivity contribution in [3.63, 3.8) is 0 Å². The predicted molar refractivity (Wildman–Crippen MR) is 86.6 cm³/mol. The number of hydrogen-bond donors (Lipinski definition) is 1. The minimum atomic E-state index is 0.593. The molecule has 1 aliphatic rings. The number of nitrogens with one attached hydrogen (secondary N) is 1. The molecule has 0 saturated heterocycles. The molecule has 0 radical (unpaired) electrons. The third-order valence-corrected chi connectivity index (χ3v) is 5.36. The van der Waals surface area contributed by atoms with E-state index in [0.29, 0.717) is 5.41 Å². The van der Waals surface area contributed by atoms with Crippen LogP contribution in [0.1, 0.15) is 91.4 Å². The second kappa shape index (κ2) is 9.80. The van der Waals surface area contributed by atoms with Gasteiger partial charge in [-0.3, -0.25) is 0 Å². The highest BCUT2D eigenvalue weighted by molar-refractivity contribution is 4.88. The molecule has 1 heteroatoms. The van der Waals surface area contributed by atoms with E-state index in [4.69, 9.17) is 0 Å². The highest BCUT2D eigenvalue weighted by Crippen LogP contribution is 2.43. The molecule has 1 N–H and O–H groups in total. The molecule has 1 rings (SSSR count). The van der Waals surface area contributed by atoms with Gasteiger partial charge in [-0.05, 0) is 50.0 Å². The zero-order chi connectivity index (χ0) is 14.0. The first-order chi connectivity index (χ1) is 9.29. The standard InChI is InChI=1S/C18H37N/c1-4-7-14-18(6-3,16-19-15-5-2)17-12-10-8-9-11-13-17/h17,19H,4-16H2,1-3H3. The van der Waals surface area contributed by atoms with Gasteiger partial charge < -0.3 is 5.32 Å². The van der Waals surface area contributed by atoms with Crippen molar-refractivity contribution in [2.75, 3.05) is 13.1 Å². The monoisotopic (exact) mass is 267 g/mol. The van der Waals surface area contributed by atoms with Crippen LogP contribution in [0.3, 0.4) is 0 Å². The van der Waals surface area contributed by atoms with Gasteiger partial charge in [-0.1, -0.05) is 59.3 Å². The Balaban J connectivity index is 2.67. The fourth-order valence-electron chi connectivity index (χ4n) is 3.96. The van der Waals surface area contributed by atoms with Crippen molar-refractivity contribution in [3.8, 4) is 0 Å². The van der Waals surface area contributed by atoms with Gasteiger partial charge in [0.1, 0.15) is 0 Å². The molecule has 1 fully saturated rings. The lowest BCUT2D eigenvalue weighted by Gasteiger charge is -2.41. The Morgan fingerprint density at radius 1 is 0.947 bits per heavy atom. The minimum Gasteiger partial charge on any atom is -0.316 e. The third-order valence-electron chi connectivity index (χ3n) is 5.36. The summed E-state index contributed by atoms with van der Waals surface area (Å²) < 4.78 is 0. The molecule has 1 saturated carbocycles. The van der Waals surface area contributed by atoms with E-state index in [1.807, 2.05) is 0 Å². The lowest BCUT2D eigenvalue weighted by Crippen LogP contribution is -2.40. The van der Waals surface area contributed by atoms with Crippen LogP contribution in [0.5, 0.6) is 0 Å². The Labute approximate surface area is 121 Å². The predicted octanol–water partition coefficient (Wildman–Crippen LogP) is 5.54. The van der Waals surface area contributed by atoms with Crippen molar-refractivity contribution < 1.29 is 0 Å². The fourth-order valence-corrected chi connectivity index (χ4v) is 3.96. The van der Waals surface area contributed by atoms with Crippen LogP contribution in [-0.2, 0) is 0 Å². The Hall–Kier alpha value is -0.0400. The molecule has 1 nitrogen and oxygen atoms in total. The molecule has 0 bridgehead atoms. The molecule has 0 aromatic rings. The summed E-state index contributed by atoms with van der Waals surface area (Å²) in [5.41, 5.74) is 0.593. The Kier molecular flexibility index (Phi) is 8.77. The van der Waals surface area contributed by atoms with E-state index in [-0.39, 0.29) is 0 Å². The van der Waals surface area contributed by atoms with E-state index in [1.165, 1.54) is 83.7 Å². The largest absolute Gasteiger partial charge is 0.316 e. The maximum atomic E-state index is 3.75. The smallest absolute Gasteiger partial charge is 0.00104 e. The molecule has 0 spiro atoms. The average Bonchev–Trinajstić information content (AvgIpc) is 2.72. The van der Waals surface area contributed by atoms with Crippen molar-refractivity contribution >= 4 is 0 Å². The summed E-state index contributed by atoms with van der Waals surface area (Å²) in [4.78, 5) is 0. The average molecular weight is 268 g/mol. The molecule has 0 amide bonds. The number of unbranched alkanes of at least 4 members (excludes halogenated alkanes) is 1. The first-order valence-corrected chi connectivity index (χ1v) is 8.99. The molecule has 1 aliphatic carbocycles. The summed E-state index contributed by atoms with van der Waals surface area (Å²) in [7, 11) is 0. The van der Waals surface area contributed by atoms with Gasteiger partial charge >= 0.3 is 0 Å². The molecule has 0 aromatic heterocycles. The van der Waals surface area contributed by atoms with Crippen LogP contribution in [0, 0.1) is 11.3 Å². The minimum absolute atomic E-state index is 0.593. The first-order valence-electron chi connectivity index (χ1n) is 8.99. The zero-order valence-corrected chi connectivity index (χ0v) is 13.8. The van der Waals surface area contributed by atoms with Crippen molar-refractivity contribution in [3.05, 3.63) is 0 Å². The van der Waals surface area contributed by atoms with Crippen LogP contribution in [-0.4, -0.2) is 13.1 Å². The first kappa shape index (κ1) is 17.0. The van der Waals surface area contributed by atoms with E-state index >= 15 is 0 Å². The maximum Gasteiger partial charge on any atom is 0.00104 e. The van der Waals surface area contributed by atoms with Gasteiger partial charge in [-0.15, -0.1) is 0 Å². The highest BCUT2D eigenvalue weighted by Gasteiger charge is 2.36. The van der Waals surface area contributed by atoms with Gasteiger partial charge in [0.25, 0.3) is 0 Å². The quantitative estimate of drug-likeness (QED) is 0.427. The maximum absolute atomic E-state index is 3.75. The zero-order valence-electron chi connectivity index (χ0n) is 13.8. The molecule has 1 atom stereocenters. The van der Waals surface area contributed by atoms with E-state index in [9.17, 15) is 0 Å². The summed E-state index contributed by atoms with van der Waals surface area (Å²) in [6, 6.07) is 0. The van der Waals surface area contributed by atoms with Crippen LogP contribution >= 0.6 is 0 Å². The summed E-state index contributed by atoms with van der Waals surface area (Å²) in [5.74, 6) is 0.982. The van der Waals surface area contributed by atoms with Crippen LogP contribution < -0.4 is 5.32 Å². The van der Waals surface area contributed by atoms with E-state index in [2.05, 4.69) is 26.1 Å². The second-order valence-electron chi connectivity index (χ2n) is 6.68. The SMILES string of the molecule is CCCCC(CC)(CNCCC)C1CCCCCC1. The van der Waals surface area contributed by atoms with Crippen molar-refractivity contribution in [1.82, 2.24) is 5.32 Å². The highest BCUT2D eigenvalue weighted by atomic mass is 14.9. The van der Waals surface area contributed by atoms with Crippen molar-refractivity contribution in [1.29, 1.82) is 0 Å². The van der Waals surface area contributed by atoms with E-state index in [0.717, 1.165) is 5.92 Å². The van der Waals surface area contributed by atoms with Crippen molar-refractivity contribution in [2.45, 2.75) is 91.4 Å². The van der Waals surface area contributed by atoms with Gasteiger partial charge in [0, 0.05) is 6.54 Å². The lowest BCUT2D eigenvalue weighted by molar-refractivity contribution is 0.112. The normalized spacial score (nSPS) is 21.0. The van der Waals surface area contributed by atoms with E-state index in [1.54, 1.807) is 0 Å². The Bertz CT molecular complexity index is 206. The lowest BCUT2D eigenvalue weighted by atomic mass is 9.67. The molecule has 1 unspecified atom stereocenters. The van der Waals surface area contributed by atoms with Crippen LogP contribution in [0.25, 0.3) is 0 Å². The van der Waals surface area contributed by atoms with Gasteiger partial charge in [0.2, 0.25) is 0 Å². The summed E-state index contributed by atoms with van der Waals surface area (Å²) in [6.45, 7) is 9.52.